The van der Waals surface area contributed by atoms with Gasteiger partial charge in [0, 0.05) is 16.8 Å². The molecule has 0 aliphatic carbocycles. The van der Waals surface area contributed by atoms with E-state index in [9.17, 15) is 4.79 Å². The molecule has 25 heavy (non-hydrogen) atoms. The molecule has 0 aliphatic heterocycles. The number of nitrogens with one attached hydrogen (secondary N) is 2. The number of rotatable bonds is 3. The fraction of sp³-hybridized carbons (Fsp3) is 0.125. The highest BCUT2D eigenvalue weighted by atomic mass is 35.5. The summed E-state index contributed by atoms with van der Waals surface area (Å²) >= 11 is 11.9. The summed E-state index contributed by atoms with van der Waals surface area (Å²) in [4.78, 5) is 20.4. The average Bonchev–Trinajstić information content (AvgIpc) is 2.89. The molecule has 0 saturated heterocycles. The van der Waals surface area contributed by atoms with Crippen LogP contribution in [0.5, 0.6) is 0 Å². The van der Waals surface area contributed by atoms with E-state index in [1.165, 1.54) is 6.33 Å². The smallest absolute Gasteiger partial charge is 0.306 e. The summed E-state index contributed by atoms with van der Waals surface area (Å²) in [6.45, 7) is 3.81. The monoisotopic (exact) mass is 376 g/mol. The van der Waals surface area contributed by atoms with Crippen LogP contribution in [0.15, 0.2) is 36.7 Å². The van der Waals surface area contributed by atoms with Crippen LogP contribution in [0.1, 0.15) is 11.4 Å². The van der Waals surface area contributed by atoms with Crippen molar-refractivity contribution in [2.24, 2.45) is 0 Å². The number of carbonyl (C=O) groups is 1. The summed E-state index contributed by atoms with van der Waals surface area (Å²) in [6, 6.07) is 7.86. The van der Waals surface area contributed by atoms with Crippen molar-refractivity contribution >= 4 is 40.7 Å². The van der Waals surface area contributed by atoms with Gasteiger partial charge < -0.3 is 5.32 Å². The fourth-order valence-electron chi connectivity index (χ4n) is 2.26. The van der Waals surface area contributed by atoms with E-state index in [-0.39, 0.29) is 0 Å². The fourth-order valence-corrected chi connectivity index (χ4v) is 2.59. The summed E-state index contributed by atoms with van der Waals surface area (Å²) in [5.74, 6) is 0.880. The third kappa shape index (κ3) is 4.07. The summed E-state index contributed by atoms with van der Waals surface area (Å²) < 4.78 is 1.67. The van der Waals surface area contributed by atoms with Gasteiger partial charge in [-0.25, -0.2) is 19.4 Å². The Morgan fingerprint density at radius 1 is 1.08 bits per heavy atom. The lowest BCUT2D eigenvalue weighted by atomic mass is 10.3. The second kappa shape index (κ2) is 7.08. The number of anilines is 2. The second-order valence-electron chi connectivity index (χ2n) is 5.30. The highest BCUT2D eigenvalue weighted by Gasteiger charge is 2.10. The van der Waals surface area contributed by atoms with Crippen LogP contribution >= 0.6 is 23.2 Å². The normalized spacial score (nSPS) is 10.6. The van der Waals surface area contributed by atoms with E-state index in [1.807, 2.05) is 19.9 Å². The molecular weight excluding hydrogens is 363 g/mol. The lowest BCUT2D eigenvalue weighted by Gasteiger charge is -2.10. The first kappa shape index (κ1) is 17.2. The third-order valence-corrected chi connectivity index (χ3v) is 3.86. The van der Waals surface area contributed by atoms with Crippen LogP contribution < -0.4 is 10.6 Å². The predicted molar refractivity (Wildman–Crippen MR) is 97.7 cm³/mol. The zero-order valence-corrected chi connectivity index (χ0v) is 14.9. The molecule has 0 saturated carbocycles. The number of aryl methyl sites for hydroxylation is 2. The average molecular weight is 377 g/mol. The van der Waals surface area contributed by atoms with Gasteiger partial charge in [-0.1, -0.05) is 23.2 Å². The molecule has 2 heterocycles. The van der Waals surface area contributed by atoms with Crippen LogP contribution in [0.4, 0.5) is 16.3 Å². The quantitative estimate of drug-likeness (QED) is 0.715. The minimum atomic E-state index is -0.498. The number of benzene rings is 1. The molecule has 0 bridgehead atoms. The van der Waals surface area contributed by atoms with Crippen molar-refractivity contribution in [3.05, 3.63) is 58.1 Å². The van der Waals surface area contributed by atoms with Crippen LogP contribution in [0.3, 0.4) is 0 Å². The molecule has 0 radical (unpaired) electrons. The van der Waals surface area contributed by atoms with Crippen LogP contribution in [0.2, 0.25) is 10.0 Å². The summed E-state index contributed by atoms with van der Waals surface area (Å²) in [6.07, 6.45) is 1.35. The Balaban J connectivity index is 1.77. The first-order valence-corrected chi connectivity index (χ1v) is 8.07. The molecule has 0 unspecified atom stereocenters. The Hall–Kier alpha value is -2.64. The van der Waals surface area contributed by atoms with Crippen LogP contribution in [0.25, 0.3) is 5.82 Å². The van der Waals surface area contributed by atoms with Crippen LogP contribution in [-0.2, 0) is 0 Å². The van der Waals surface area contributed by atoms with Crippen LogP contribution in [-0.4, -0.2) is 25.8 Å². The largest absolute Gasteiger partial charge is 0.324 e. The zero-order valence-electron chi connectivity index (χ0n) is 13.4. The van der Waals surface area contributed by atoms with E-state index in [2.05, 4.69) is 25.7 Å². The van der Waals surface area contributed by atoms with Gasteiger partial charge in [-0.05, 0) is 38.1 Å². The second-order valence-corrected chi connectivity index (χ2v) is 6.15. The third-order valence-electron chi connectivity index (χ3n) is 3.30. The predicted octanol–water partition coefficient (Wildman–Crippen LogP) is 4.23. The van der Waals surface area contributed by atoms with Gasteiger partial charge in [-0.15, -0.1) is 0 Å². The molecule has 2 amide bonds. The molecule has 1 aromatic carbocycles. The minimum Gasteiger partial charge on any atom is -0.306 e. The number of urea groups is 1. The zero-order chi connectivity index (χ0) is 18.0. The standard InChI is InChI=1S/C16H14Cl2N6O/c1-9-5-10(2)24(23-9)15-7-14(19-8-20-15)22-16(25)21-13-6-11(17)3-4-12(13)18/h3-8H,1-2H3,(H2,19,20,21,22,25). The Labute approximate surface area is 154 Å². The van der Waals surface area contributed by atoms with Crippen molar-refractivity contribution in [2.75, 3.05) is 10.6 Å². The Morgan fingerprint density at radius 3 is 2.60 bits per heavy atom. The molecule has 0 aliphatic rings. The van der Waals surface area contributed by atoms with E-state index >= 15 is 0 Å². The molecule has 7 nitrogen and oxygen atoms in total. The van der Waals surface area contributed by atoms with E-state index in [4.69, 9.17) is 23.2 Å². The maximum absolute atomic E-state index is 12.2. The molecule has 3 rings (SSSR count). The highest BCUT2D eigenvalue weighted by Crippen LogP contribution is 2.25. The Kier molecular flexibility index (Phi) is 4.87. The number of nitrogens with zero attached hydrogens (tertiary/aromatic N) is 4. The lowest BCUT2D eigenvalue weighted by Crippen LogP contribution is -2.20. The number of halogens is 2. The lowest BCUT2D eigenvalue weighted by molar-refractivity contribution is 0.262. The summed E-state index contributed by atoms with van der Waals surface area (Å²) in [7, 11) is 0. The van der Waals surface area contributed by atoms with Crippen molar-refractivity contribution in [3.8, 4) is 5.82 Å². The van der Waals surface area contributed by atoms with Crippen molar-refractivity contribution in [1.29, 1.82) is 0 Å². The highest BCUT2D eigenvalue weighted by molar-refractivity contribution is 6.35. The molecule has 3 aromatic rings. The SMILES string of the molecule is Cc1cc(C)n(-c2cc(NC(=O)Nc3cc(Cl)ccc3Cl)ncn2)n1. The van der Waals surface area contributed by atoms with Gasteiger partial charge >= 0.3 is 6.03 Å². The Bertz CT molecular complexity index is 940. The maximum Gasteiger partial charge on any atom is 0.324 e. The molecule has 0 spiro atoms. The van der Waals surface area contributed by atoms with Gasteiger partial charge in [0.1, 0.15) is 12.1 Å². The van der Waals surface area contributed by atoms with Crippen molar-refractivity contribution in [2.45, 2.75) is 13.8 Å². The molecule has 2 N–H and O–H groups in total. The van der Waals surface area contributed by atoms with E-state index in [0.717, 1.165) is 11.4 Å². The minimum absolute atomic E-state index is 0.327. The van der Waals surface area contributed by atoms with Crippen LogP contribution in [0, 0.1) is 13.8 Å². The summed E-state index contributed by atoms with van der Waals surface area (Å²) in [5.41, 5.74) is 2.20. The van der Waals surface area contributed by atoms with Crippen molar-refractivity contribution in [3.63, 3.8) is 0 Å². The van der Waals surface area contributed by atoms with Gasteiger partial charge in [0.05, 0.1) is 16.4 Å². The molecule has 0 fully saturated rings. The number of hydrogen-bond donors (Lipinski definition) is 2. The summed E-state index contributed by atoms with van der Waals surface area (Å²) in [5, 5.41) is 10.5. The number of amides is 2. The molecular formula is C16H14Cl2N6O. The number of carbonyl (C=O) groups excluding carboxylic acids is 1. The molecule has 0 atom stereocenters. The van der Waals surface area contributed by atoms with Gasteiger partial charge in [-0.2, -0.15) is 5.10 Å². The van der Waals surface area contributed by atoms with Gasteiger partial charge in [0.25, 0.3) is 0 Å². The van der Waals surface area contributed by atoms with Crippen molar-refractivity contribution in [1.82, 2.24) is 19.7 Å². The topological polar surface area (TPSA) is 84.7 Å². The van der Waals surface area contributed by atoms with Crippen molar-refractivity contribution < 1.29 is 4.79 Å². The number of hydrogen-bond acceptors (Lipinski definition) is 4. The van der Waals surface area contributed by atoms with E-state index in [1.54, 1.807) is 28.9 Å². The first-order valence-electron chi connectivity index (χ1n) is 7.31. The molecule has 2 aromatic heterocycles. The first-order chi connectivity index (χ1) is 11.9. The van der Waals surface area contributed by atoms with Gasteiger partial charge in [0.15, 0.2) is 5.82 Å². The van der Waals surface area contributed by atoms with E-state index in [0.29, 0.717) is 27.4 Å². The van der Waals surface area contributed by atoms with E-state index < -0.39 is 6.03 Å². The number of aromatic nitrogens is 4. The maximum atomic E-state index is 12.2. The molecule has 9 heteroatoms. The molecule has 128 valence electrons. The van der Waals surface area contributed by atoms with Gasteiger partial charge in [0.2, 0.25) is 0 Å². The Morgan fingerprint density at radius 2 is 1.88 bits per heavy atom. The van der Waals surface area contributed by atoms with Gasteiger partial charge in [-0.3, -0.25) is 5.32 Å².